The Kier molecular flexibility index (Phi) is 4.94. The monoisotopic (exact) mass is 275 g/mol. The molecular weight excluding hydrogens is 253 g/mol. The summed E-state index contributed by atoms with van der Waals surface area (Å²) >= 11 is 0. The van der Waals surface area contributed by atoms with Crippen LogP contribution in [0.4, 0.5) is 4.39 Å². The average molecular weight is 275 g/mol. The number of rotatable bonds is 3. The summed E-state index contributed by atoms with van der Waals surface area (Å²) in [6.45, 7) is 2.27. The number of carbonyl (C=O) groups is 1. The van der Waals surface area contributed by atoms with Crippen molar-refractivity contribution in [1.29, 1.82) is 0 Å². The summed E-state index contributed by atoms with van der Waals surface area (Å²) in [5, 5.41) is 0. The lowest BCUT2D eigenvalue weighted by molar-refractivity contribution is -0.127. The topological polar surface area (TPSA) is 20.3 Å². The van der Waals surface area contributed by atoms with E-state index in [0.29, 0.717) is 6.04 Å². The van der Waals surface area contributed by atoms with Gasteiger partial charge in [0.1, 0.15) is 5.82 Å². The molecule has 1 aliphatic carbocycles. The summed E-state index contributed by atoms with van der Waals surface area (Å²) < 4.78 is 12.8. The minimum absolute atomic E-state index is 0.0221. The fraction of sp³-hybridized carbons (Fsp3) is 0.471. The quantitative estimate of drug-likeness (QED) is 0.767. The zero-order chi connectivity index (χ0) is 14.5. The van der Waals surface area contributed by atoms with Crippen LogP contribution in [0, 0.1) is 11.7 Å². The van der Waals surface area contributed by atoms with Gasteiger partial charge in [0.2, 0.25) is 5.91 Å². The maximum absolute atomic E-state index is 12.8. The number of hydrogen-bond acceptors (Lipinski definition) is 1. The minimum Gasteiger partial charge on any atom is -0.339 e. The molecule has 0 bridgehead atoms. The predicted octanol–water partition coefficient (Wildman–Crippen LogP) is 3.88. The predicted molar refractivity (Wildman–Crippen MR) is 79.6 cm³/mol. The Hall–Kier alpha value is -1.64. The second kappa shape index (κ2) is 6.69. The van der Waals surface area contributed by atoms with Gasteiger partial charge in [0.25, 0.3) is 0 Å². The van der Waals surface area contributed by atoms with Crippen LogP contribution in [-0.2, 0) is 4.79 Å². The van der Waals surface area contributed by atoms with Crippen LogP contribution < -0.4 is 0 Å². The van der Waals surface area contributed by atoms with Gasteiger partial charge in [-0.05, 0) is 55.4 Å². The number of amides is 1. The lowest BCUT2D eigenvalue weighted by Gasteiger charge is -2.33. The number of nitrogens with zero attached hydrogens (tertiary/aromatic N) is 1. The van der Waals surface area contributed by atoms with Crippen molar-refractivity contribution in [2.45, 2.75) is 38.6 Å². The minimum atomic E-state index is -0.262. The van der Waals surface area contributed by atoms with Crippen LogP contribution in [0.15, 0.2) is 30.3 Å². The number of hydrogen-bond donors (Lipinski definition) is 0. The molecule has 2 nitrogen and oxygen atoms in total. The Morgan fingerprint density at radius 1 is 1.20 bits per heavy atom. The number of benzene rings is 1. The first-order valence-electron chi connectivity index (χ1n) is 7.26. The highest BCUT2D eigenvalue weighted by Crippen LogP contribution is 2.26. The average Bonchev–Trinajstić information content (AvgIpc) is 2.46. The van der Waals surface area contributed by atoms with Crippen molar-refractivity contribution in [3.8, 4) is 0 Å². The fourth-order valence-electron chi connectivity index (χ4n) is 2.67. The SMILES string of the molecule is CC1CCC(N(C)C(=O)C=Cc2ccc(F)cc2)CC1. The van der Waals surface area contributed by atoms with Gasteiger partial charge in [-0.25, -0.2) is 4.39 Å². The Morgan fingerprint density at radius 2 is 1.80 bits per heavy atom. The molecule has 0 aromatic heterocycles. The first-order chi connectivity index (χ1) is 9.56. The first kappa shape index (κ1) is 14.8. The molecule has 0 atom stereocenters. The second-order valence-corrected chi connectivity index (χ2v) is 5.75. The van der Waals surface area contributed by atoms with Gasteiger partial charge in [-0.3, -0.25) is 4.79 Å². The molecule has 2 rings (SSSR count). The van der Waals surface area contributed by atoms with Crippen LogP contribution in [0.25, 0.3) is 6.08 Å². The summed E-state index contributed by atoms with van der Waals surface area (Å²) in [6.07, 6.45) is 7.89. The highest BCUT2D eigenvalue weighted by atomic mass is 19.1. The van der Waals surface area contributed by atoms with Crippen LogP contribution in [-0.4, -0.2) is 23.9 Å². The molecule has 1 saturated carbocycles. The molecule has 0 aliphatic heterocycles. The van der Waals surface area contributed by atoms with E-state index in [0.717, 1.165) is 24.3 Å². The van der Waals surface area contributed by atoms with Crippen molar-refractivity contribution in [2.24, 2.45) is 5.92 Å². The first-order valence-corrected chi connectivity index (χ1v) is 7.26. The third-order valence-electron chi connectivity index (χ3n) is 4.17. The normalized spacial score (nSPS) is 22.9. The largest absolute Gasteiger partial charge is 0.339 e. The van der Waals surface area contributed by atoms with Crippen molar-refractivity contribution in [3.63, 3.8) is 0 Å². The highest BCUT2D eigenvalue weighted by Gasteiger charge is 2.23. The van der Waals surface area contributed by atoms with Gasteiger partial charge in [-0.15, -0.1) is 0 Å². The van der Waals surface area contributed by atoms with Crippen LogP contribution in [0.1, 0.15) is 38.2 Å². The highest BCUT2D eigenvalue weighted by molar-refractivity contribution is 5.91. The molecule has 108 valence electrons. The molecule has 0 radical (unpaired) electrons. The van der Waals surface area contributed by atoms with Gasteiger partial charge in [0.15, 0.2) is 0 Å². The lowest BCUT2D eigenvalue weighted by Crippen LogP contribution is -2.38. The van der Waals surface area contributed by atoms with Gasteiger partial charge >= 0.3 is 0 Å². The molecule has 0 N–H and O–H groups in total. The van der Waals surface area contributed by atoms with E-state index in [2.05, 4.69) is 6.92 Å². The van der Waals surface area contributed by atoms with Gasteiger partial charge < -0.3 is 4.90 Å². The summed E-state index contributed by atoms with van der Waals surface area (Å²) in [4.78, 5) is 14.0. The summed E-state index contributed by atoms with van der Waals surface area (Å²) in [5.74, 6) is 0.542. The van der Waals surface area contributed by atoms with Gasteiger partial charge in [-0.1, -0.05) is 19.1 Å². The van der Waals surface area contributed by atoms with Crippen molar-refractivity contribution in [3.05, 3.63) is 41.7 Å². The van der Waals surface area contributed by atoms with E-state index in [1.54, 1.807) is 24.3 Å². The molecule has 1 aliphatic rings. The molecule has 3 heteroatoms. The van der Waals surface area contributed by atoms with Crippen LogP contribution >= 0.6 is 0 Å². The molecule has 0 saturated heterocycles. The third kappa shape index (κ3) is 3.92. The van der Waals surface area contributed by atoms with E-state index < -0.39 is 0 Å². The Labute approximate surface area is 120 Å². The van der Waals surface area contributed by atoms with Crippen molar-refractivity contribution in [1.82, 2.24) is 4.90 Å². The van der Waals surface area contributed by atoms with Crippen molar-refractivity contribution < 1.29 is 9.18 Å². The molecule has 1 aromatic carbocycles. The molecule has 0 heterocycles. The number of carbonyl (C=O) groups excluding carboxylic acids is 1. The van der Waals surface area contributed by atoms with Crippen LogP contribution in [0.5, 0.6) is 0 Å². The van der Waals surface area contributed by atoms with Crippen LogP contribution in [0.2, 0.25) is 0 Å². The standard InChI is InChI=1S/C17H22FNO/c1-13-3-10-16(11-4-13)19(2)17(20)12-7-14-5-8-15(18)9-6-14/h5-9,12-13,16H,3-4,10-11H2,1-2H3. The maximum Gasteiger partial charge on any atom is 0.246 e. The Balaban J connectivity index is 1.92. The van der Waals surface area contributed by atoms with Gasteiger partial charge in [0.05, 0.1) is 0 Å². The molecular formula is C17H22FNO. The van der Waals surface area contributed by atoms with Gasteiger partial charge in [0, 0.05) is 19.2 Å². The zero-order valence-corrected chi connectivity index (χ0v) is 12.2. The smallest absolute Gasteiger partial charge is 0.246 e. The van der Waals surface area contributed by atoms with Gasteiger partial charge in [-0.2, -0.15) is 0 Å². The second-order valence-electron chi connectivity index (χ2n) is 5.75. The number of halogens is 1. The van der Waals surface area contributed by atoms with E-state index in [1.165, 1.54) is 25.0 Å². The van der Waals surface area contributed by atoms with E-state index >= 15 is 0 Å². The molecule has 0 spiro atoms. The molecule has 20 heavy (non-hydrogen) atoms. The fourth-order valence-corrected chi connectivity index (χ4v) is 2.67. The summed E-state index contributed by atoms with van der Waals surface area (Å²) in [5.41, 5.74) is 0.838. The molecule has 0 unspecified atom stereocenters. The lowest BCUT2D eigenvalue weighted by atomic mass is 9.87. The maximum atomic E-state index is 12.8. The van der Waals surface area contributed by atoms with E-state index in [-0.39, 0.29) is 11.7 Å². The van der Waals surface area contributed by atoms with E-state index in [1.807, 2.05) is 11.9 Å². The summed E-state index contributed by atoms with van der Waals surface area (Å²) in [7, 11) is 1.87. The summed E-state index contributed by atoms with van der Waals surface area (Å²) in [6, 6.07) is 6.49. The number of likely N-dealkylation sites (N-methyl/N-ethyl adjacent to an activating group) is 1. The Bertz CT molecular complexity index is 472. The molecule has 1 aromatic rings. The van der Waals surface area contributed by atoms with E-state index in [9.17, 15) is 9.18 Å². The van der Waals surface area contributed by atoms with Crippen molar-refractivity contribution >= 4 is 12.0 Å². The Morgan fingerprint density at radius 3 is 2.40 bits per heavy atom. The van der Waals surface area contributed by atoms with Crippen LogP contribution in [0.3, 0.4) is 0 Å². The van der Waals surface area contributed by atoms with E-state index in [4.69, 9.17) is 0 Å². The molecule has 1 fully saturated rings. The molecule has 1 amide bonds. The zero-order valence-electron chi connectivity index (χ0n) is 12.2. The third-order valence-corrected chi connectivity index (χ3v) is 4.17. The van der Waals surface area contributed by atoms with Crippen molar-refractivity contribution in [2.75, 3.05) is 7.05 Å².